The van der Waals surface area contributed by atoms with E-state index >= 15 is 0 Å². The molecule has 1 N–H and O–H groups in total. The standard InChI is InChI=1S/C35H53N3O3/c1-4-7-10-13-24-38(25-14-11-8-5-2,26-15-12-9-6-3)27-28-41-35(40)37-34-22-18-32(19-23-34)29-31-16-20-33(21-17-31)36-30-39/h16-23H,4-15,24-29H2,1-3H3/p+1. The second kappa shape index (κ2) is 20.9. The SMILES string of the molecule is CCCCCC[N+](CCCCCC)(CCCCCC)CCOC(=O)Nc1ccc(Cc2ccc(N=C=O)cc2)cc1. The van der Waals surface area contributed by atoms with Crippen molar-refractivity contribution in [3.8, 4) is 0 Å². The number of ether oxygens (including phenoxy) is 1. The van der Waals surface area contributed by atoms with Crippen molar-refractivity contribution in [3.63, 3.8) is 0 Å². The molecule has 0 aliphatic rings. The Hall–Kier alpha value is -2.95. The van der Waals surface area contributed by atoms with Crippen molar-refractivity contribution in [2.75, 3.05) is 38.1 Å². The molecule has 0 saturated carbocycles. The number of rotatable bonds is 22. The number of unbranched alkanes of at least 4 members (excludes halogenated alkanes) is 9. The number of hydrogen-bond acceptors (Lipinski definition) is 4. The highest BCUT2D eigenvalue weighted by Gasteiger charge is 2.26. The van der Waals surface area contributed by atoms with Crippen molar-refractivity contribution in [2.45, 2.75) is 104 Å². The first-order valence-corrected chi connectivity index (χ1v) is 16.1. The molecule has 0 aliphatic heterocycles. The molecule has 0 fully saturated rings. The molecule has 2 rings (SSSR count). The van der Waals surface area contributed by atoms with Gasteiger partial charge in [0.25, 0.3) is 0 Å². The monoisotopic (exact) mass is 564 g/mol. The number of nitrogens with zero attached hydrogens (tertiary/aromatic N) is 2. The lowest BCUT2D eigenvalue weighted by molar-refractivity contribution is -0.929. The zero-order valence-corrected chi connectivity index (χ0v) is 26.0. The van der Waals surface area contributed by atoms with Crippen molar-refractivity contribution < 1.29 is 18.8 Å². The van der Waals surface area contributed by atoms with Gasteiger partial charge in [-0.05, 0) is 80.3 Å². The summed E-state index contributed by atoms with van der Waals surface area (Å²) in [5.74, 6) is 0. The molecule has 226 valence electrons. The summed E-state index contributed by atoms with van der Waals surface area (Å²) in [6, 6.07) is 15.4. The Labute approximate surface area is 249 Å². The molecular weight excluding hydrogens is 510 g/mol. The summed E-state index contributed by atoms with van der Waals surface area (Å²) < 4.78 is 6.82. The molecule has 6 heteroatoms. The highest BCUT2D eigenvalue weighted by molar-refractivity contribution is 5.84. The quantitative estimate of drug-likeness (QED) is 0.0670. The fourth-order valence-electron chi connectivity index (χ4n) is 5.46. The lowest BCUT2D eigenvalue weighted by atomic mass is 10.0. The van der Waals surface area contributed by atoms with E-state index in [-0.39, 0.29) is 6.09 Å². The number of amides is 1. The Morgan fingerprint density at radius 2 is 1.20 bits per heavy atom. The van der Waals surface area contributed by atoms with Gasteiger partial charge in [-0.2, -0.15) is 4.99 Å². The van der Waals surface area contributed by atoms with Crippen LogP contribution in [0.25, 0.3) is 0 Å². The molecule has 6 nitrogen and oxygen atoms in total. The summed E-state index contributed by atoms with van der Waals surface area (Å²) in [5.41, 5.74) is 3.58. The highest BCUT2D eigenvalue weighted by Crippen LogP contribution is 2.19. The van der Waals surface area contributed by atoms with Gasteiger partial charge in [-0.3, -0.25) is 5.32 Å². The average molecular weight is 565 g/mol. The van der Waals surface area contributed by atoms with Gasteiger partial charge >= 0.3 is 6.09 Å². The van der Waals surface area contributed by atoms with E-state index in [0.29, 0.717) is 12.3 Å². The Morgan fingerprint density at radius 3 is 1.66 bits per heavy atom. The third-order valence-corrected chi connectivity index (χ3v) is 7.98. The molecule has 2 aromatic rings. The topological polar surface area (TPSA) is 67.8 Å². The number of carbonyl (C=O) groups is 1. The van der Waals surface area contributed by atoms with E-state index in [1.54, 1.807) is 18.2 Å². The summed E-state index contributed by atoms with van der Waals surface area (Å²) in [7, 11) is 0. The van der Waals surface area contributed by atoms with Crippen molar-refractivity contribution in [1.29, 1.82) is 0 Å². The minimum atomic E-state index is -0.384. The third kappa shape index (κ3) is 14.5. The Bertz CT molecular complexity index is 983. The minimum absolute atomic E-state index is 0.384. The predicted molar refractivity (Wildman–Crippen MR) is 171 cm³/mol. The molecule has 0 bridgehead atoms. The second-order valence-electron chi connectivity index (χ2n) is 11.4. The van der Waals surface area contributed by atoms with Crippen molar-refractivity contribution >= 4 is 23.5 Å². The molecule has 1 amide bonds. The van der Waals surface area contributed by atoms with Crippen LogP contribution in [0.1, 0.15) is 109 Å². The van der Waals surface area contributed by atoms with Crippen LogP contribution in [-0.2, 0) is 16.0 Å². The van der Waals surface area contributed by atoms with Crippen LogP contribution in [0.15, 0.2) is 53.5 Å². The number of isocyanates is 1. The van der Waals surface area contributed by atoms with Crippen LogP contribution in [0.5, 0.6) is 0 Å². The molecule has 0 unspecified atom stereocenters. The molecule has 0 aliphatic carbocycles. The molecule has 41 heavy (non-hydrogen) atoms. The van der Waals surface area contributed by atoms with Gasteiger partial charge in [-0.15, -0.1) is 0 Å². The fraction of sp³-hybridized carbons (Fsp3) is 0.600. The Morgan fingerprint density at radius 1 is 0.707 bits per heavy atom. The molecule has 0 spiro atoms. The lowest BCUT2D eigenvalue weighted by Crippen LogP contribution is -2.52. The van der Waals surface area contributed by atoms with Crippen LogP contribution in [0.4, 0.5) is 16.2 Å². The van der Waals surface area contributed by atoms with Crippen LogP contribution < -0.4 is 5.32 Å². The number of quaternary nitrogens is 1. The summed E-state index contributed by atoms with van der Waals surface area (Å²) in [6.45, 7) is 11.7. The predicted octanol–water partition coefficient (Wildman–Crippen LogP) is 9.35. The van der Waals surface area contributed by atoms with Crippen molar-refractivity contribution in [2.24, 2.45) is 4.99 Å². The van der Waals surface area contributed by atoms with Gasteiger partial charge in [0.2, 0.25) is 6.08 Å². The van der Waals surface area contributed by atoms with Gasteiger partial charge in [0.1, 0.15) is 13.2 Å². The van der Waals surface area contributed by atoms with E-state index in [0.717, 1.165) is 34.3 Å². The minimum Gasteiger partial charge on any atom is -0.443 e. The lowest BCUT2D eigenvalue weighted by Gasteiger charge is -2.39. The van der Waals surface area contributed by atoms with Crippen LogP contribution in [-0.4, -0.2) is 49.4 Å². The summed E-state index contributed by atoms with van der Waals surface area (Å²) >= 11 is 0. The van der Waals surface area contributed by atoms with Gasteiger partial charge in [0.05, 0.1) is 25.3 Å². The van der Waals surface area contributed by atoms with Crippen molar-refractivity contribution in [3.05, 3.63) is 59.7 Å². The normalized spacial score (nSPS) is 11.2. The van der Waals surface area contributed by atoms with Gasteiger partial charge in [0.15, 0.2) is 0 Å². The smallest absolute Gasteiger partial charge is 0.411 e. The second-order valence-corrected chi connectivity index (χ2v) is 11.4. The summed E-state index contributed by atoms with van der Waals surface area (Å²) in [6.07, 6.45) is 17.2. The van der Waals surface area contributed by atoms with Gasteiger partial charge < -0.3 is 9.22 Å². The Balaban J connectivity index is 1.91. The van der Waals surface area contributed by atoms with Crippen LogP contribution in [0, 0.1) is 0 Å². The van der Waals surface area contributed by atoms with Crippen LogP contribution >= 0.6 is 0 Å². The first-order chi connectivity index (χ1) is 20.0. The van der Waals surface area contributed by atoms with Crippen LogP contribution in [0.3, 0.4) is 0 Å². The number of hydrogen-bond donors (Lipinski definition) is 1. The van der Waals surface area contributed by atoms with E-state index in [9.17, 15) is 9.59 Å². The van der Waals surface area contributed by atoms with E-state index in [1.165, 1.54) is 96.7 Å². The molecule has 2 aromatic carbocycles. The number of aliphatic imine (C=N–C) groups is 1. The maximum atomic E-state index is 12.7. The maximum absolute atomic E-state index is 12.7. The molecule has 0 saturated heterocycles. The van der Waals surface area contributed by atoms with E-state index in [1.807, 2.05) is 36.4 Å². The average Bonchev–Trinajstić information content (AvgIpc) is 2.98. The van der Waals surface area contributed by atoms with Crippen LogP contribution in [0.2, 0.25) is 0 Å². The van der Waals surface area contributed by atoms with Gasteiger partial charge in [-0.25, -0.2) is 9.59 Å². The molecule has 0 atom stereocenters. The van der Waals surface area contributed by atoms with E-state index in [4.69, 9.17) is 4.74 Å². The zero-order valence-electron chi connectivity index (χ0n) is 26.0. The number of carbonyl (C=O) groups excluding carboxylic acids is 2. The fourth-order valence-corrected chi connectivity index (χ4v) is 5.46. The summed E-state index contributed by atoms with van der Waals surface area (Å²) in [5, 5.41) is 2.90. The van der Waals surface area contributed by atoms with E-state index < -0.39 is 0 Å². The molecular formula is C35H54N3O3+. The number of anilines is 1. The van der Waals surface area contributed by atoms with E-state index in [2.05, 4.69) is 31.1 Å². The third-order valence-electron chi connectivity index (χ3n) is 7.98. The summed E-state index contributed by atoms with van der Waals surface area (Å²) in [4.78, 5) is 26.7. The highest BCUT2D eigenvalue weighted by atomic mass is 16.5. The first-order valence-electron chi connectivity index (χ1n) is 16.1. The molecule has 0 radical (unpaired) electrons. The van der Waals surface area contributed by atoms with Gasteiger partial charge in [0, 0.05) is 5.69 Å². The first kappa shape index (κ1) is 34.3. The Kier molecular flexibility index (Phi) is 17.4. The molecule has 0 heterocycles. The molecule has 0 aromatic heterocycles. The van der Waals surface area contributed by atoms with Crippen molar-refractivity contribution in [1.82, 2.24) is 0 Å². The number of nitrogens with one attached hydrogen (secondary N) is 1. The zero-order chi connectivity index (χ0) is 29.6. The largest absolute Gasteiger partial charge is 0.443 e. The number of benzene rings is 2. The maximum Gasteiger partial charge on any atom is 0.411 e. The van der Waals surface area contributed by atoms with Gasteiger partial charge in [-0.1, -0.05) is 83.6 Å².